The number of alkyl halides is 3. The van der Waals surface area contributed by atoms with Crippen LogP contribution in [0, 0.1) is 36.2 Å². The molecule has 2 aromatic heterocycles. The Morgan fingerprint density at radius 1 is 0.463 bits per heavy atom. The lowest BCUT2D eigenvalue weighted by Gasteiger charge is -2.20. The van der Waals surface area contributed by atoms with Gasteiger partial charge in [-0.3, -0.25) is 0 Å². The van der Waals surface area contributed by atoms with Gasteiger partial charge in [0.15, 0.2) is 5.69 Å². The molecule has 0 radical (unpaired) electrons. The van der Waals surface area contributed by atoms with Gasteiger partial charge < -0.3 is 9.13 Å². The van der Waals surface area contributed by atoms with Gasteiger partial charge in [0.2, 0.25) is 0 Å². The molecule has 0 saturated carbocycles. The third kappa shape index (κ3) is 6.86. The van der Waals surface area contributed by atoms with Crippen molar-refractivity contribution in [3.63, 3.8) is 0 Å². The molecule has 316 valence electrons. The van der Waals surface area contributed by atoms with E-state index in [2.05, 4.69) is 92.8 Å². The minimum atomic E-state index is -4.52. The molecular weight excluding hydrogens is 836 g/mol. The topological polar surface area (TPSA) is 61.8 Å². The van der Waals surface area contributed by atoms with E-state index in [1.165, 1.54) is 6.07 Å². The van der Waals surface area contributed by atoms with Gasteiger partial charge in [0.1, 0.15) is 0 Å². The Morgan fingerprint density at radius 3 is 1.60 bits per heavy atom. The molecule has 67 heavy (non-hydrogen) atoms. The Hall–Kier alpha value is -9.16. The zero-order valence-electron chi connectivity index (χ0n) is 35.8. The van der Waals surface area contributed by atoms with Crippen LogP contribution in [0.15, 0.2) is 188 Å². The van der Waals surface area contributed by atoms with Gasteiger partial charge in [0.05, 0.1) is 63.2 Å². The van der Waals surface area contributed by atoms with E-state index in [9.17, 15) is 23.7 Å². The molecule has 9 aromatic carbocycles. The predicted molar refractivity (Wildman–Crippen MR) is 262 cm³/mol. The van der Waals surface area contributed by atoms with Crippen LogP contribution in [0.2, 0.25) is 0 Å². The van der Waals surface area contributed by atoms with E-state index in [4.69, 9.17) is 6.57 Å². The summed E-state index contributed by atoms with van der Waals surface area (Å²) in [5.41, 5.74) is 13.5. The standard InChI is InChI=1S/C59H34F3N5/c1-36-29-43(59(60,61)62)20-24-46(36)47-25-23-45(66-54-9-5-3-7-48(54)52-31-42(18-27-56(52)66)40-16-21-44(65-2)22-17-40)33-50(47)51-30-38(35-64)13-26-57(51)67-55-10-6-4-8-49(55)53-32-41(19-28-58(53)67)39-14-11-37(34-63)12-15-39/h3-33H,1H3. The van der Waals surface area contributed by atoms with Gasteiger partial charge in [-0.15, -0.1) is 0 Å². The van der Waals surface area contributed by atoms with Gasteiger partial charge in [0.25, 0.3) is 0 Å². The highest BCUT2D eigenvalue weighted by molar-refractivity contribution is 6.12. The summed E-state index contributed by atoms with van der Waals surface area (Å²) in [5, 5.41) is 24.0. The second-order valence-electron chi connectivity index (χ2n) is 16.6. The van der Waals surface area contributed by atoms with E-state index in [0.717, 1.165) is 94.4 Å². The number of hydrogen-bond donors (Lipinski definition) is 0. The molecule has 0 saturated heterocycles. The first-order valence-corrected chi connectivity index (χ1v) is 21.5. The molecule has 8 heteroatoms. The van der Waals surface area contributed by atoms with E-state index in [-0.39, 0.29) is 0 Å². The van der Waals surface area contributed by atoms with Crippen LogP contribution in [-0.4, -0.2) is 9.13 Å². The first-order chi connectivity index (χ1) is 32.6. The summed E-state index contributed by atoms with van der Waals surface area (Å²) in [6, 6.07) is 64.2. The van der Waals surface area contributed by atoms with Gasteiger partial charge in [-0.05, 0) is 142 Å². The van der Waals surface area contributed by atoms with Crippen molar-refractivity contribution < 1.29 is 13.2 Å². The number of hydrogen-bond acceptors (Lipinski definition) is 2. The second-order valence-corrected chi connectivity index (χ2v) is 16.6. The average Bonchev–Trinajstić information content (AvgIpc) is 3.88. The number of aryl methyl sites for hydroxylation is 1. The monoisotopic (exact) mass is 869 g/mol. The van der Waals surface area contributed by atoms with Gasteiger partial charge in [-0.25, -0.2) is 4.85 Å². The van der Waals surface area contributed by atoms with Crippen molar-refractivity contribution in [3.8, 4) is 68.0 Å². The number of halogens is 3. The molecule has 0 spiro atoms. The molecule has 11 rings (SSSR count). The number of rotatable bonds is 6. The summed E-state index contributed by atoms with van der Waals surface area (Å²) in [6.07, 6.45) is -4.52. The predicted octanol–water partition coefficient (Wildman–Crippen LogP) is 16.2. The number of nitriles is 2. The van der Waals surface area contributed by atoms with Crippen LogP contribution in [0.25, 0.3) is 104 Å². The normalized spacial score (nSPS) is 11.5. The Labute approximate surface area is 383 Å². The summed E-state index contributed by atoms with van der Waals surface area (Å²) in [4.78, 5) is 3.56. The Morgan fingerprint density at radius 2 is 1.00 bits per heavy atom. The van der Waals surface area contributed by atoms with Gasteiger partial charge in [-0.2, -0.15) is 23.7 Å². The van der Waals surface area contributed by atoms with Crippen molar-refractivity contribution in [1.29, 1.82) is 10.5 Å². The van der Waals surface area contributed by atoms with Crippen molar-refractivity contribution in [2.75, 3.05) is 0 Å². The van der Waals surface area contributed by atoms with E-state index < -0.39 is 11.7 Å². The molecule has 2 heterocycles. The zero-order chi connectivity index (χ0) is 46.0. The van der Waals surface area contributed by atoms with Crippen molar-refractivity contribution in [2.24, 2.45) is 0 Å². The number of nitrogens with zero attached hydrogens (tertiary/aromatic N) is 5. The van der Waals surface area contributed by atoms with Crippen molar-refractivity contribution >= 4 is 49.3 Å². The van der Waals surface area contributed by atoms with Crippen molar-refractivity contribution in [2.45, 2.75) is 13.1 Å². The van der Waals surface area contributed by atoms with Crippen molar-refractivity contribution in [3.05, 3.63) is 222 Å². The fourth-order valence-corrected chi connectivity index (χ4v) is 9.60. The van der Waals surface area contributed by atoms with E-state index in [1.807, 2.05) is 97.1 Å². The number of benzene rings is 9. The van der Waals surface area contributed by atoms with Crippen molar-refractivity contribution in [1.82, 2.24) is 9.13 Å². The third-order valence-corrected chi connectivity index (χ3v) is 12.8. The number of para-hydroxylation sites is 2. The number of fused-ring (bicyclic) bond motifs is 6. The molecule has 5 nitrogen and oxygen atoms in total. The molecule has 0 N–H and O–H groups in total. The molecule has 0 aliphatic rings. The van der Waals surface area contributed by atoms with E-state index in [0.29, 0.717) is 33.5 Å². The molecule has 11 aromatic rings. The highest BCUT2D eigenvalue weighted by atomic mass is 19.4. The van der Waals surface area contributed by atoms with Crippen LogP contribution in [0.3, 0.4) is 0 Å². The quantitative estimate of drug-likeness (QED) is 0.156. The van der Waals surface area contributed by atoms with E-state index in [1.54, 1.807) is 19.1 Å². The SMILES string of the molecule is [C-]#[N+]c1ccc(-c2ccc3c(c2)c2ccccc2n3-c2ccc(-c3ccc(C(F)(F)F)cc3C)c(-c3cc(C#N)ccc3-n3c4ccccc4c4cc(-c5ccc(C#N)cc5)ccc43)c2)cc1. The largest absolute Gasteiger partial charge is 0.416 e. The molecule has 0 aliphatic carbocycles. The highest BCUT2D eigenvalue weighted by Crippen LogP contribution is 2.45. The van der Waals surface area contributed by atoms with Crippen LogP contribution < -0.4 is 0 Å². The maximum absolute atomic E-state index is 14.1. The van der Waals surface area contributed by atoms with Crippen LogP contribution in [0.5, 0.6) is 0 Å². The molecule has 0 atom stereocenters. The summed E-state index contributed by atoms with van der Waals surface area (Å²) < 4.78 is 46.7. The zero-order valence-corrected chi connectivity index (χ0v) is 35.8. The van der Waals surface area contributed by atoms with Gasteiger partial charge in [-0.1, -0.05) is 97.1 Å². The molecular formula is C59H34F3N5. The van der Waals surface area contributed by atoms with Crippen LogP contribution >= 0.6 is 0 Å². The molecule has 0 amide bonds. The first-order valence-electron chi connectivity index (χ1n) is 21.5. The maximum atomic E-state index is 14.1. The lowest BCUT2D eigenvalue weighted by molar-refractivity contribution is -0.137. The lowest BCUT2D eigenvalue weighted by Crippen LogP contribution is -2.05. The second kappa shape index (κ2) is 15.8. The summed E-state index contributed by atoms with van der Waals surface area (Å²) in [7, 11) is 0. The Kier molecular flexibility index (Phi) is 9.59. The van der Waals surface area contributed by atoms with Gasteiger partial charge >= 0.3 is 6.18 Å². The maximum Gasteiger partial charge on any atom is 0.416 e. The van der Waals surface area contributed by atoms with Crippen LogP contribution in [0.4, 0.5) is 18.9 Å². The summed E-state index contributed by atoms with van der Waals surface area (Å²) >= 11 is 0. The first kappa shape index (κ1) is 40.6. The fourth-order valence-electron chi connectivity index (χ4n) is 9.60. The minimum absolute atomic E-state index is 0.428. The molecule has 0 aliphatic heterocycles. The van der Waals surface area contributed by atoms with E-state index >= 15 is 0 Å². The fraction of sp³-hybridized carbons (Fsp3) is 0.0339. The highest BCUT2D eigenvalue weighted by Gasteiger charge is 2.31. The summed E-state index contributed by atoms with van der Waals surface area (Å²) in [5.74, 6) is 0. The Bertz CT molecular complexity index is 3950. The smallest absolute Gasteiger partial charge is 0.309 e. The minimum Gasteiger partial charge on any atom is -0.309 e. The van der Waals surface area contributed by atoms with Crippen LogP contribution in [-0.2, 0) is 6.18 Å². The molecule has 0 bridgehead atoms. The van der Waals surface area contributed by atoms with Crippen LogP contribution in [0.1, 0.15) is 22.3 Å². The number of aromatic nitrogens is 2. The van der Waals surface area contributed by atoms with Gasteiger partial charge in [0, 0.05) is 32.8 Å². The molecule has 0 unspecified atom stereocenters. The lowest BCUT2D eigenvalue weighted by atomic mass is 9.89. The third-order valence-electron chi connectivity index (χ3n) is 12.8. The molecule has 0 fully saturated rings. The summed E-state index contributed by atoms with van der Waals surface area (Å²) in [6.45, 7) is 9.11. The Balaban J connectivity index is 1.18. The average molecular weight is 870 g/mol.